The number of aromatic nitrogens is 2. The molecule has 1 heterocycles. The van der Waals surface area contributed by atoms with Gasteiger partial charge in [0.25, 0.3) is 5.69 Å². The van der Waals surface area contributed by atoms with Crippen molar-refractivity contribution in [2.24, 2.45) is 0 Å². The number of halogens is 3. The van der Waals surface area contributed by atoms with Gasteiger partial charge in [0.2, 0.25) is 0 Å². The summed E-state index contributed by atoms with van der Waals surface area (Å²) in [6.07, 6.45) is 2.30. The largest absolute Gasteiger partial charge is 0.299 e. The molecule has 1 aromatic carbocycles. The molecule has 17 heavy (non-hydrogen) atoms. The fourth-order valence-electron chi connectivity index (χ4n) is 1.33. The van der Waals surface area contributed by atoms with Crippen LogP contribution in [0.1, 0.15) is 0 Å². The molecule has 0 spiro atoms. The van der Waals surface area contributed by atoms with Crippen LogP contribution >= 0.6 is 11.6 Å². The lowest BCUT2D eigenvalue weighted by Gasteiger charge is -2.04. The van der Waals surface area contributed by atoms with Gasteiger partial charge in [0.15, 0.2) is 11.6 Å². The second kappa shape index (κ2) is 4.10. The number of nitro benzene ring substituents is 1. The minimum Gasteiger partial charge on any atom is -0.299 e. The van der Waals surface area contributed by atoms with Crippen molar-refractivity contribution in [2.45, 2.75) is 0 Å². The minimum absolute atomic E-state index is 0.0575. The Morgan fingerprint density at radius 3 is 2.35 bits per heavy atom. The van der Waals surface area contributed by atoms with E-state index >= 15 is 0 Å². The van der Waals surface area contributed by atoms with Gasteiger partial charge in [-0.1, -0.05) is 11.6 Å². The number of non-ortho nitro benzene ring substituents is 1. The van der Waals surface area contributed by atoms with Crippen LogP contribution in [0.3, 0.4) is 0 Å². The first-order valence-corrected chi connectivity index (χ1v) is 4.70. The van der Waals surface area contributed by atoms with Gasteiger partial charge < -0.3 is 0 Å². The lowest BCUT2D eigenvalue weighted by molar-refractivity contribution is -0.385. The quantitative estimate of drug-likeness (QED) is 0.615. The lowest BCUT2D eigenvalue weighted by Crippen LogP contribution is -2.01. The topological polar surface area (TPSA) is 61.0 Å². The van der Waals surface area contributed by atoms with Crippen LogP contribution in [0, 0.1) is 21.7 Å². The summed E-state index contributed by atoms with van der Waals surface area (Å²) in [6.45, 7) is 0. The highest BCUT2D eigenvalue weighted by Gasteiger charge is 2.18. The van der Waals surface area contributed by atoms with Crippen molar-refractivity contribution in [1.29, 1.82) is 0 Å². The maximum Gasteiger partial charge on any atom is 0.275 e. The molecule has 88 valence electrons. The van der Waals surface area contributed by atoms with Crippen LogP contribution in [0.5, 0.6) is 0 Å². The molecule has 0 aliphatic heterocycles. The van der Waals surface area contributed by atoms with E-state index in [2.05, 4.69) is 4.98 Å². The Kier molecular flexibility index (Phi) is 2.76. The van der Waals surface area contributed by atoms with E-state index in [0.717, 1.165) is 10.9 Å². The molecule has 2 aromatic rings. The van der Waals surface area contributed by atoms with Crippen LogP contribution in [-0.2, 0) is 0 Å². The van der Waals surface area contributed by atoms with E-state index < -0.39 is 27.9 Å². The summed E-state index contributed by atoms with van der Waals surface area (Å²) in [4.78, 5) is 13.1. The molecule has 0 aliphatic carbocycles. The van der Waals surface area contributed by atoms with E-state index in [1.165, 1.54) is 6.20 Å². The highest BCUT2D eigenvalue weighted by atomic mass is 35.5. The molecular formula is C9H4ClF2N3O2. The zero-order valence-corrected chi connectivity index (χ0v) is 8.86. The van der Waals surface area contributed by atoms with Gasteiger partial charge >= 0.3 is 0 Å². The fourth-order valence-corrected chi connectivity index (χ4v) is 1.47. The molecule has 0 amide bonds. The Morgan fingerprint density at radius 1 is 1.35 bits per heavy atom. The van der Waals surface area contributed by atoms with Gasteiger partial charge in [0, 0.05) is 6.20 Å². The maximum atomic E-state index is 13.5. The van der Waals surface area contributed by atoms with Crippen molar-refractivity contribution in [3.05, 3.63) is 51.6 Å². The van der Waals surface area contributed by atoms with Gasteiger partial charge in [-0.25, -0.2) is 13.8 Å². The van der Waals surface area contributed by atoms with Gasteiger partial charge in [-0.05, 0) is 0 Å². The zero-order chi connectivity index (χ0) is 12.6. The van der Waals surface area contributed by atoms with Crippen molar-refractivity contribution < 1.29 is 13.7 Å². The lowest BCUT2D eigenvalue weighted by atomic mass is 10.2. The third-order valence-electron chi connectivity index (χ3n) is 2.02. The number of rotatable bonds is 2. The molecule has 1 aromatic heterocycles. The molecule has 0 atom stereocenters. The first-order chi connectivity index (χ1) is 7.99. The molecule has 0 unspecified atom stereocenters. The average molecular weight is 260 g/mol. The van der Waals surface area contributed by atoms with Crippen molar-refractivity contribution in [1.82, 2.24) is 9.55 Å². The smallest absolute Gasteiger partial charge is 0.275 e. The predicted molar refractivity (Wildman–Crippen MR) is 55.1 cm³/mol. The second-order valence-electron chi connectivity index (χ2n) is 3.12. The number of hydrogen-bond acceptors (Lipinski definition) is 3. The first-order valence-electron chi connectivity index (χ1n) is 4.32. The van der Waals surface area contributed by atoms with E-state index in [-0.39, 0.29) is 5.15 Å². The molecule has 2 rings (SSSR count). The third kappa shape index (κ3) is 2.09. The van der Waals surface area contributed by atoms with Crippen molar-refractivity contribution in [3.63, 3.8) is 0 Å². The van der Waals surface area contributed by atoms with Crippen LogP contribution in [0.2, 0.25) is 5.15 Å². The SMILES string of the molecule is O=[N+]([O-])c1cc(F)c(-n2cnc(Cl)c2)c(F)c1. The van der Waals surface area contributed by atoms with Crippen molar-refractivity contribution in [2.75, 3.05) is 0 Å². The summed E-state index contributed by atoms with van der Waals surface area (Å²) in [5.74, 6) is -2.13. The molecule has 0 saturated carbocycles. The summed E-state index contributed by atoms with van der Waals surface area (Å²) in [5, 5.41) is 10.4. The Balaban J connectivity index is 2.60. The Labute approximate surface area is 98.4 Å². The summed E-state index contributed by atoms with van der Waals surface area (Å²) in [7, 11) is 0. The monoisotopic (exact) mass is 259 g/mol. The van der Waals surface area contributed by atoms with Crippen molar-refractivity contribution >= 4 is 17.3 Å². The van der Waals surface area contributed by atoms with Gasteiger partial charge in [0.1, 0.15) is 17.2 Å². The number of imidazole rings is 1. The number of nitrogens with zero attached hydrogens (tertiary/aromatic N) is 3. The molecule has 0 bridgehead atoms. The molecule has 0 fully saturated rings. The summed E-state index contributed by atoms with van der Waals surface area (Å²) in [6, 6.07) is 1.26. The minimum atomic E-state index is -1.06. The normalized spacial score (nSPS) is 10.5. The summed E-state index contributed by atoms with van der Waals surface area (Å²) in [5.41, 5.74) is -1.12. The second-order valence-corrected chi connectivity index (χ2v) is 3.51. The highest BCUT2D eigenvalue weighted by molar-refractivity contribution is 6.29. The Bertz CT molecular complexity index is 577. The molecule has 0 N–H and O–H groups in total. The molecular weight excluding hydrogens is 256 g/mol. The van der Waals surface area contributed by atoms with Gasteiger partial charge in [-0.2, -0.15) is 0 Å². The first kappa shape index (κ1) is 11.5. The average Bonchev–Trinajstić information content (AvgIpc) is 2.63. The highest BCUT2D eigenvalue weighted by Crippen LogP contribution is 2.24. The van der Waals surface area contributed by atoms with Gasteiger partial charge in [0.05, 0.1) is 17.1 Å². The molecule has 5 nitrogen and oxygen atoms in total. The number of benzene rings is 1. The van der Waals surface area contributed by atoms with E-state index in [1.807, 2.05) is 0 Å². The van der Waals surface area contributed by atoms with Crippen LogP contribution in [0.25, 0.3) is 5.69 Å². The van der Waals surface area contributed by atoms with Crippen molar-refractivity contribution in [3.8, 4) is 5.69 Å². The maximum absolute atomic E-state index is 13.5. The van der Waals surface area contributed by atoms with E-state index in [1.54, 1.807) is 0 Å². The summed E-state index contributed by atoms with van der Waals surface area (Å²) >= 11 is 5.51. The zero-order valence-electron chi connectivity index (χ0n) is 8.10. The molecule has 8 heteroatoms. The fraction of sp³-hybridized carbons (Fsp3) is 0. The van der Waals surface area contributed by atoms with E-state index in [0.29, 0.717) is 12.1 Å². The van der Waals surface area contributed by atoms with E-state index in [4.69, 9.17) is 11.6 Å². The number of nitro groups is 1. The molecule has 0 radical (unpaired) electrons. The Hall–Kier alpha value is -2.02. The van der Waals surface area contributed by atoms with Crippen LogP contribution < -0.4 is 0 Å². The van der Waals surface area contributed by atoms with Gasteiger partial charge in [-0.3, -0.25) is 14.7 Å². The van der Waals surface area contributed by atoms with Crippen LogP contribution in [-0.4, -0.2) is 14.5 Å². The summed E-state index contributed by atoms with van der Waals surface area (Å²) < 4.78 is 28.1. The molecule has 0 saturated heterocycles. The third-order valence-corrected chi connectivity index (χ3v) is 2.22. The van der Waals surface area contributed by atoms with Crippen LogP contribution in [0.4, 0.5) is 14.5 Å². The van der Waals surface area contributed by atoms with Crippen LogP contribution in [0.15, 0.2) is 24.7 Å². The predicted octanol–water partition coefficient (Wildman–Crippen LogP) is 2.71. The standard InChI is InChI=1S/C9H4ClF2N3O2/c10-8-3-14(4-13-8)9-6(11)1-5(15(16)17)2-7(9)12/h1-4H. The van der Waals surface area contributed by atoms with E-state index in [9.17, 15) is 18.9 Å². The van der Waals surface area contributed by atoms with Gasteiger partial charge in [-0.15, -0.1) is 0 Å². The number of hydrogen-bond donors (Lipinski definition) is 0. The Morgan fingerprint density at radius 2 is 1.94 bits per heavy atom. The molecule has 0 aliphatic rings.